The monoisotopic (exact) mass is 233 g/mol. The van der Waals surface area contributed by atoms with Gasteiger partial charge in [-0.05, 0) is 36.5 Å². The zero-order valence-corrected chi connectivity index (χ0v) is 10.7. The molecule has 3 heteroatoms. The van der Waals surface area contributed by atoms with Crippen molar-refractivity contribution in [3.8, 4) is 5.75 Å². The molecule has 0 saturated heterocycles. The van der Waals surface area contributed by atoms with Crippen molar-refractivity contribution in [1.29, 1.82) is 0 Å². The lowest BCUT2D eigenvalue weighted by Crippen LogP contribution is -2.31. The van der Waals surface area contributed by atoms with E-state index in [-0.39, 0.29) is 11.9 Å². The predicted octanol–water partition coefficient (Wildman–Crippen LogP) is 2.55. The maximum Gasteiger partial charge on any atom is 0.219 e. The van der Waals surface area contributed by atoms with Crippen LogP contribution in [0.15, 0.2) is 18.2 Å². The Morgan fingerprint density at radius 2 is 2.24 bits per heavy atom. The van der Waals surface area contributed by atoms with Crippen LogP contribution in [-0.4, -0.2) is 25.0 Å². The number of carbonyl (C=O) groups is 1. The first-order chi connectivity index (χ1) is 8.15. The summed E-state index contributed by atoms with van der Waals surface area (Å²) in [7, 11) is 3.58. The smallest absolute Gasteiger partial charge is 0.219 e. The van der Waals surface area contributed by atoms with E-state index in [2.05, 4.69) is 6.07 Å². The third-order valence-electron chi connectivity index (χ3n) is 3.62. The average molecular weight is 233 g/mol. The lowest BCUT2D eigenvalue weighted by molar-refractivity contribution is -0.130. The number of nitrogens with zero attached hydrogens (tertiary/aromatic N) is 1. The van der Waals surface area contributed by atoms with Gasteiger partial charge in [-0.3, -0.25) is 4.79 Å². The second-order valence-electron chi connectivity index (χ2n) is 4.57. The van der Waals surface area contributed by atoms with Crippen LogP contribution in [0.3, 0.4) is 0 Å². The van der Waals surface area contributed by atoms with Gasteiger partial charge in [0, 0.05) is 14.0 Å². The Bertz CT molecular complexity index is 428. The first-order valence-electron chi connectivity index (χ1n) is 6.04. The van der Waals surface area contributed by atoms with Gasteiger partial charge in [-0.2, -0.15) is 0 Å². The van der Waals surface area contributed by atoms with Gasteiger partial charge in [0.05, 0.1) is 13.2 Å². The molecule has 1 aliphatic rings. The number of carbonyl (C=O) groups excluding carboxylic acids is 1. The van der Waals surface area contributed by atoms with E-state index in [0.717, 1.165) is 25.0 Å². The van der Waals surface area contributed by atoms with Crippen LogP contribution < -0.4 is 4.74 Å². The summed E-state index contributed by atoms with van der Waals surface area (Å²) in [4.78, 5) is 13.3. The van der Waals surface area contributed by atoms with E-state index < -0.39 is 0 Å². The summed E-state index contributed by atoms with van der Waals surface area (Å²) in [6.45, 7) is 1.62. The Labute approximate surface area is 102 Å². The topological polar surface area (TPSA) is 29.5 Å². The van der Waals surface area contributed by atoms with Crippen molar-refractivity contribution in [3.63, 3.8) is 0 Å². The molecule has 1 aromatic rings. The molecule has 0 aliphatic heterocycles. The Morgan fingerprint density at radius 1 is 1.47 bits per heavy atom. The van der Waals surface area contributed by atoms with Gasteiger partial charge < -0.3 is 9.64 Å². The third kappa shape index (κ3) is 2.14. The van der Waals surface area contributed by atoms with Crippen molar-refractivity contribution < 1.29 is 9.53 Å². The molecule has 0 N–H and O–H groups in total. The fourth-order valence-corrected chi connectivity index (χ4v) is 2.60. The number of amides is 1. The molecule has 2 rings (SSSR count). The molecule has 0 bridgehead atoms. The maximum absolute atomic E-state index is 11.5. The van der Waals surface area contributed by atoms with Gasteiger partial charge in [-0.1, -0.05) is 12.1 Å². The summed E-state index contributed by atoms with van der Waals surface area (Å²) < 4.78 is 5.40. The number of benzene rings is 1. The number of hydrogen-bond donors (Lipinski definition) is 0. The highest BCUT2D eigenvalue weighted by Crippen LogP contribution is 2.37. The van der Waals surface area contributed by atoms with Crippen LogP contribution in [0.2, 0.25) is 0 Å². The van der Waals surface area contributed by atoms with Crippen molar-refractivity contribution in [3.05, 3.63) is 29.3 Å². The summed E-state index contributed by atoms with van der Waals surface area (Å²) in [5, 5.41) is 0. The van der Waals surface area contributed by atoms with Crippen molar-refractivity contribution in [2.45, 2.75) is 32.2 Å². The first kappa shape index (κ1) is 12.0. The molecule has 1 atom stereocenters. The Hall–Kier alpha value is -1.51. The molecule has 17 heavy (non-hydrogen) atoms. The van der Waals surface area contributed by atoms with E-state index in [1.807, 2.05) is 24.1 Å². The maximum atomic E-state index is 11.5. The van der Waals surface area contributed by atoms with Gasteiger partial charge in [0.2, 0.25) is 5.91 Å². The van der Waals surface area contributed by atoms with E-state index in [9.17, 15) is 4.79 Å². The number of ether oxygens (including phenoxy) is 1. The SMILES string of the molecule is COc1cccc2c1CCC[C@H]2N(C)C(C)=O. The van der Waals surface area contributed by atoms with Gasteiger partial charge in [-0.25, -0.2) is 0 Å². The standard InChI is InChI=1S/C14H19NO2/c1-10(16)15(2)13-8-4-7-12-11(13)6-5-9-14(12)17-3/h5-6,9,13H,4,7-8H2,1-3H3/t13-/m1/s1. The Balaban J connectivity index is 2.41. The Kier molecular flexibility index (Phi) is 3.36. The summed E-state index contributed by atoms with van der Waals surface area (Å²) in [6, 6.07) is 6.31. The number of methoxy groups -OCH3 is 1. The predicted molar refractivity (Wildman–Crippen MR) is 67.1 cm³/mol. The molecule has 0 fully saturated rings. The second-order valence-corrected chi connectivity index (χ2v) is 4.57. The molecule has 1 aliphatic carbocycles. The molecule has 1 amide bonds. The molecule has 0 heterocycles. The summed E-state index contributed by atoms with van der Waals surface area (Å²) in [6.07, 6.45) is 3.19. The van der Waals surface area contributed by atoms with Gasteiger partial charge in [0.1, 0.15) is 5.75 Å². The van der Waals surface area contributed by atoms with Crippen molar-refractivity contribution in [2.24, 2.45) is 0 Å². The van der Waals surface area contributed by atoms with Crippen LogP contribution in [0.25, 0.3) is 0 Å². The quantitative estimate of drug-likeness (QED) is 0.785. The van der Waals surface area contributed by atoms with Gasteiger partial charge in [-0.15, -0.1) is 0 Å². The molecular formula is C14H19NO2. The highest BCUT2D eigenvalue weighted by atomic mass is 16.5. The molecule has 3 nitrogen and oxygen atoms in total. The van der Waals surface area contributed by atoms with Crippen molar-refractivity contribution >= 4 is 5.91 Å². The van der Waals surface area contributed by atoms with Crippen LogP contribution in [0, 0.1) is 0 Å². The lowest BCUT2D eigenvalue weighted by Gasteiger charge is -2.33. The van der Waals surface area contributed by atoms with E-state index >= 15 is 0 Å². The molecule has 92 valence electrons. The molecule has 0 radical (unpaired) electrons. The first-order valence-corrected chi connectivity index (χ1v) is 6.04. The van der Waals surface area contributed by atoms with E-state index in [1.165, 1.54) is 11.1 Å². The van der Waals surface area contributed by atoms with E-state index in [4.69, 9.17) is 4.74 Å². The molecule has 1 aromatic carbocycles. The number of rotatable bonds is 2. The van der Waals surface area contributed by atoms with Crippen LogP contribution in [-0.2, 0) is 11.2 Å². The Morgan fingerprint density at radius 3 is 2.88 bits per heavy atom. The second kappa shape index (κ2) is 4.78. The zero-order chi connectivity index (χ0) is 12.4. The highest BCUT2D eigenvalue weighted by molar-refractivity contribution is 5.73. The summed E-state index contributed by atoms with van der Waals surface area (Å²) >= 11 is 0. The van der Waals surface area contributed by atoms with E-state index in [0.29, 0.717) is 0 Å². The molecule has 0 spiro atoms. The van der Waals surface area contributed by atoms with Gasteiger partial charge >= 0.3 is 0 Å². The number of fused-ring (bicyclic) bond motifs is 1. The van der Waals surface area contributed by atoms with Crippen LogP contribution >= 0.6 is 0 Å². The van der Waals surface area contributed by atoms with E-state index in [1.54, 1.807) is 14.0 Å². The van der Waals surface area contributed by atoms with Gasteiger partial charge in [0.15, 0.2) is 0 Å². The minimum atomic E-state index is 0.116. The van der Waals surface area contributed by atoms with Crippen LogP contribution in [0.5, 0.6) is 5.75 Å². The average Bonchev–Trinajstić information content (AvgIpc) is 2.36. The minimum Gasteiger partial charge on any atom is -0.496 e. The van der Waals surface area contributed by atoms with Crippen molar-refractivity contribution in [2.75, 3.05) is 14.2 Å². The summed E-state index contributed by atoms with van der Waals surface area (Å²) in [5.41, 5.74) is 2.51. The summed E-state index contributed by atoms with van der Waals surface area (Å²) in [5.74, 6) is 1.06. The third-order valence-corrected chi connectivity index (χ3v) is 3.62. The molecular weight excluding hydrogens is 214 g/mol. The van der Waals surface area contributed by atoms with Crippen LogP contribution in [0.1, 0.15) is 36.9 Å². The normalized spacial score (nSPS) is 18.4. The molecule has 0 aromatic heterocycles. The minimum absolute atomic E-state index is 0.116. The largest absolute Gasteiger partial charge is 0.496 e. The molecule has 0 unspecified atom stereocenters. The zero-order valence-electron chi connectivity index (χ0n) is 10.7. The molecule has 0 saturated carbocycles. The fraction of sp³-hybridized carbons (Fsp3) is 0.500. The van der Waals surface area contributed by atoms with Crippen LogP contribution in [0.4, 0.5) is 0 Å². The lowest BCUT2D eigenvalue weighted by atomic mass is 9.86. The fourth-order valence-electron chi connectivity index (χ4n) is 2.60. The number of hydrogen-bond acceptors (Lipinski definition) is 2. The van der Waals surface area contributed by atoms with Gasteiger partial charge in [0.25, 0.3) is 0 Å². The van der Waals surface area contributed by atoms with Crippen molar-refractivity contribution in [1.82, 2.24) is 4.90 Å². The highest BCUT2D eigenvalue weighted by Gasteiger charge is 2.26.